The summed E-state index contributed by atoms with van der Waals surface area (Å²) in [6.45, 7) is 2.18. The average Bonchev–Trinajstić information content (AvgIpc) is 2.86. The smallest absolute Gasteiger partial charge is 0.269 e. The van der Waals surface area contributed by atoms with E-state index in [4.69, 9.17) is 11.6 Å². The second kappa shape index (κ2) is 13.5. The molecule has 3 rings (SSSR count). The van der Waals surface area contributed by atoms with Gasteiger partial charge in [0.15, 0.2) is 0 Å². The molecule has 1 aliphatic rings. The Labute approximate surface area is 215 Å². The first-order chi connectivity index (χ1) is 16.9. The molecule has 2 aromatic rings. The number of carbonyl (C=O) groups is 2. The second-order valence-corrected chi connectivity index (χ2v) is 10.2. The fourth-order valence-corrected chi connectivity index (χ4v) is 5.39. The number of non-ortho nitro benzene ring substituents is 1. The van der Waals surface area contributed by atoms with E-state index in [0.717, 1.165) is 36.8 Å². The Morgan fingerprint density at radius 3 is 2.46 bits per heavy atom. The number of nitrogens with one attached hydrogen (secondary N) is 1. The lowest BCUT2D eigenvalue weighted by Gasteiger charge is -2.33. The van der Waals surface area contributed by atoms with Crippen LogP contribution in [0.4, 0.5) is 5.69 Å². The maximum absolute atomic E-state index is 13.4. The summed E-state index contributed by atoms with van der Waals surface area (Å²) >= 11 is 7.81. The fourth-order valence-electron chi connectivity index (χ4n) is 4.33. The van der Waals surface area contributed by atoms with E-state index in [1.54, 1.807) is 23.1 Å². The van der Waals surface area contributed by atoms with Gasteiger partial charge in [0.05, 0.1) is 10.7 Å². The minimum atomic E-state index is -0.583. The largest absolute Gasteiger partial charge is 0.352 e. The van der Waals surface area contributed by atoms with Crippen LogP contribution in [-0.2, 0) is 21.9 Å². The van der Waals surface area contributed by atoms with Crippen molar-refractivity contribution in [1.29, 1.82) is 0 Å². The van der Waals surface area contributed by atoms with Crippen LogP contribution >= 0.6 is 23.4 Å². The molecular formula is C26H32ClN3O4S. The van der Waals surface area contributed by atoms with Crippen molar-refractivity contribution < 1.29 is 14.5 Å². The van der Waals surface area contributed by atoms with E-state index in [-0.39, 0.29) is 35.8 Å². The molecule has 0 aromatic heterocycles. The maximum atomic E-state index is 13.4. The normalized spacial score (nSPS) is 14.8. The molecule has 0 spiro atoms. The zero-order chi connectivity index (χ0) is 25.2. The van der Waals surface area contributed by atoms with Gasteiger partial charge < -0.3 is 10.2 Å². The number of rotatable bonds is 11. The highest BCUT2D eigenvalue weighted by Crippen LogP contribution is 2.23. The molecule has 9 heteroatoms. The van der Waals surface area contributed by atoms with Crippen molar-refractivity contribution in [1.82, 2.24) is 10.2 Å². The number of nitrogens with zero attached hydrogens (tertiary/aromatic N) is 2. The zero-order valence-corrected chi connectivity index (χ0v) is 21.5. The first-order valence-electron chi connectivity index (χ1n) is 12.0. The first kappa shape index (κ1) is 27.0. The van der Waals surface area contributed by atoms with Crippen LogP contribution in [0.25, 0.3) is 0 Å². The van der Waals surface area contributed by atoms with E-state index >= 15 is 0 Å². The van der Waals surface area contributed by atoms with Gasteiger partial charge in [0, 0.05) is 35.5 Å². The number of nitro groups is 1. The number of benzene rings is 2. The Morgan fingerprint density at radius 2 is 1.83 bits per heavy atom. The van der Waals surface area contributed by atoms with Gasteiger partial charge >= 0.3 is 0 Å². The SMILES string of the molecule is CC[C@H](C(=O)NC1CCCCC1)N(Cc1ccccc1Cl)C(=O)CSCc1ccc([N+](=O)[O-])cc1. The van der Waals surface area contributed by atoms with Crippen molar-refractivity contribution in [2.24, 2.45) is 0 Å². The third kappa shape index (κ3) is 7.97. The molecule has 1 aliphatic carbocycles. The van der Waals surface area contributed by atoms with Gasteiger partial charge in [-0.05, 0) is 36.5 Å². The quantitative estimate of drug-likeness (QED) is 0.303. The maximum Gasteiger partial charge on any atom is 0.269 e. The summed E-state index contributed by atoms with van der Waals surface area (Å²) < 4.78 is 0. The van der Waals surface area contributed by atoms with E-state index in [1.807, 2.05) is 25.1 Å². The molecule has 0 radical (unpaired) electrons. The molecule has 0 bridgehead atoms. The summed E-state index contributed by atoms with van der Waals surface area (Å²) in [5, 5.41) is 14.6. The van der Waals surface area contributed by atoms with Gasteiger partial charge in [0.1, 0.15) is 6.04 Å². The Balaban J connectivity index is 1.69. The van der Waals surface area contributed by atoms with Gasteiger partial charge in [-0.25, -0.2) is 0 Å². The molecule has 0 aliphatic heterocycles. The summed E-state index contributed by atoms with van der Waals surface area (Å²) in [5.74, 6) is 0.478. The van der Waals surface area contributed by atoms with Gasteiger partial charge in [-0.1, -0.05) is 68.1 Å². The number of amides is 2. The van der Waals surface area contributed by atoms with E-state index in [9.17, 15) is 19.7 Å². The van der Waals surface area contributed by atoms with Crippen LogP contribution in [0.15, 0.2) is 48.5 Å². The molecule has 1 saturated carbocycles. The number of carbonyl (C=O) groups excluding carboxylic acids is 2. The van der Waals surface area contributed by atoms with Crippen molar-refractivity contribution in [3.8, 4) is 0 Å². The van der Waals surface area contributed by atoms with Crippen LogP contribution in [0.1, 0.15) is 56.6 Å². The molecule has 1 N–H and O–H groups in total. The Bertz CT molecular complexity index is 1010. The average molecular weight is 518 g/mol. The summed E-state index contributed by atoms with van der Waals surface area (Å²) in [6, 6.07) is 13.3. The lowest BCUT2D eigenvalue weighted by atomic mass is 9.95. The Hall–Kier alpha value is -2.58. The van der Waals surface area contributed by atoms with Crippen LogP contribution in [-0.4, -0.2) is 39.5 Å². The Kier molecular flexibility index (Phi) is 10.4. The van der Waals surface area contributed by atoms with Crippen molar-refractivity contribution in [2.75, 3.05) is 5.75 Å². The van der Waals surface area contributed by atoms with E-state index in [2.05, 4.69) is 5.32 Å². The lowest BCUT2D eigenvalue weighted by Crippen LogP contribution is -2.52. The predicted octanol–water partition coefficient (Wildman–Crippen LogP) is 5.74. The second-order valence-electron chi connectivity index (χ2n) is 8.80. The van der Waals surface area contributed by atoms with E-state index < -0.39 is 11.0 Å². The summed E-state index contributed by atoms with van der Waals surface area (Å²) in [7, 11) is 0. The van der Waals surface area contributed by atoms with Crippen LogP contribution in [0.3, 0.4) is 0 Å². The standard InChI is InChI=1S/C26H32ClN3O4S/c1-2-24(26(32)28-21-9-4-3-5-10-21)29(16-20-8-6-7-11-23(20)27)25(31)18-35-17-19-12-14-22(15-13-19)30(33)34/h6-8,11-15,21,24H,2-5,9-10,16-18H2,1H3,(H,28,32)/t24-/m1/s1. The number of hydrogen-bond donors (Lipinski definition) is 1. The topological polar surface area (TPSA) is 92.6 Å². The van der Waals surface area contributed by atoms with Crippen LogP contribution in [0, 0.1) is 10.1 Å². The van der Waals surface area contributed by atoms with Gasteiger partial charge in [-0.2, -0.15) is 0 Å². The van der Waals surface area contributed by atoms with Crippen LogP contribution < -0.4 is 5.32 Å². The Morgan fingerprint density at radius 1 is 1.14 bits per heavy atom. The predicted molar refractivity (Wildman–Crippen MR) is 140 cm³/mol. The monoisotopic (exact) mass is 517 g/mol. The number of halogens is 1. The summed E-state index contributed by atoms with van der Waals surface area (Å²) in [4.78, 5) is 38.7. The number of hydrogen-bond acceptors (Lipinski definition) is 5. The highest BCUT2D eigenvalue weighted by molar-refractivity contribution is 7.99. The molecular weight excluding hydrogens is 486 g/mol. The van der Waals surface area contributed by atoms with E-state index in [0.29, 0.717) is 17.2 Å². The van der Waals surface area contributed by atoms with Crippen molar-refractivity contribution in [2.45, 2.75) is 69.8 Å². The molecule has 2 amide bonds. The number of thioether (sulfide) groups is 1. The molecule has 35 heavy (non-hydrogen) atoms. The van der Waals surface area contributed by atoms with Crippen LogP contribution in [0.5, 0.6) is 0 Å². The van der Waals surface area contributed by atoms with Gasteiger partial charge in [0.25, 0.3) is 5.69 Å². The molecule has 1 fully saturated rings. The van der Waals surface area contributed by atoms with Gasteiger partial charge in [-0.3, -0.25) is 19.7 Å². The third-order valence-electron chi connectivity index (χ3n) is 6.28. The van der Waals surface area contributed by atoms with Crippen molar-refractivity contribution in [3.05, 3.63) is 74.8 Å². The van der Waals surface area contributed by atoms with Crippen LogP contribution in [0.2, 0.25) is 5.02 Å². The summed E-state index contributed by atoms with van der Waals surface area (Å²) in [5.41, 5.74) is 1.73. The minimum absolute atomic E-state index is 0.0375. The van der Waals surface area contributed by atoms with Crippen molar-refractivity contribution in [3.63, 3.8) is 0 Å². The zero-order valence-electron chi connectivity index (χ0n) is 20.0. The van der Waals surface area contributed by atoms with Gasteiger partial charge in [0.2, 0.25) is 11.8 Å². The molecule has 1 atom stereocenters. The molecule has 7 nitrogen and oxygen atoms in total. The van der Waals surface area contributed by atoms with Crippen molar-refractivity contribution >= 4 is 40.9 Å². The minimum Gasteiger partial charge on any atom is -0.352 e. The fraction of sp³-hybridized carbons (Fsp3) is 0.462. The lowest BCUT2D eigenvalue weighted by molar-refractivity contribution is -0.384. The van der Waals surface area contributed by atoms with Gasteiger partial charge in [-0.15, -0.1) is 11.8 Å². The number of nitro benzene ring substituents is 1. The summed E-state index contributed by atoms with van der Waals surface area (Å²) in [6.07, 6.45) is 5.89. The molecule has 0 unspecified atom stereocenters. The molecule has 188 valence electrons. The molecule has 0 saturated heterocycles. The highest BCUT2D eigenvalue weighted by atomic mass is 35.5. The first-order valence-corrected chi connectivity index (χ1v) is 13.6. The third-order valence-corrected chi connectivity index (χ3v) is 7.63. The molecule has 2 aromatic carbocycles. The highest BCUT2D eigenvalue weighted by Gasteiger charge is 2.30. The van der Waals surface area contributed by atoms with E-state index in [1.165, 1.54) is 30.3 Å². The molecule has 0 heterocycles.